The lowest BCUT2D eigenvalue weighted by atomic mass is 9.93. The first-order valence-corrected chi connectivity index (χ1v) is 6.96. The van der Waals surface area contributed by atoms with Gasteiger partial charge in [0.15, 0.2) is 0 Å². The van der Waals surface area contributed by atoms with Gasteiger partial charge in [0.2, 0.25) is 0 Å². The molecule has 106 valence electrons. The number of aromatic nitrogens is 1. The number of benzene rings is 2. The van der Waals surface area contributed by atoms with Crippen LogP contribution in [0.4, 0.5) is 4.39 Å². The van der Waals surface area contributed by atoms with Crippen molar-refractivity contribution in [3.63, 3.8) is 0 Å². The quantitative estimate of drug-likeness (QED) is 0.784. The maximum absolute atomic E-state index is 13.3. The van der Waals surface area contributed by atoms with Gasteiger partial charge in [-0.25, -0.2) is 4.39 Å². The first-order valence-electron chi connectivity index (χ1n) is 6.96. The number of hydrogen-bond acceptors (Lipinski definition) is 2. The van der Waals surface area contributed by atoms with Crippen LogP contribution in [0.2, 0.25) is 0 Å². The highest BCUT2D eigenvalue weighted by atomic mass is 19.1. The Balaban J connectivity index is 2.18. The number of aryl methyl sites for hydroxylation is 1. The number of pyridine rings is 1. The van der Waals surface area contributed by atoms with E-state index in [4.69, 9.17) is 0 Å². The summed E-state index contributed by atoms with van der Waals surface area (Å²) in [5.74, 6) is -0.206. The Bertz CT molecular complexity index is 778. The summed E-state index contributed by atoms with van der Waals surface area (Å²) in [6.45, 7) is 1.93. The lowest BCUT2D eigenvalue weighted by molar-refractivity contribution is 0.621. The molecule has 2 nitrogen and oxygen atoms in total. The molecule has 0 saturated carbocycles. The summed E-state index contributed by atoms with van der Waals surface area (Å²) in [4.78, 5) is 4.34. The average Bonchev–Trinajstić information content (AvgIpc) is 2.50. The molecule has 0 saturated heterocycles. The van der Waals surface area contributed by atoms with E-state index in [-0.39, 0.29) is 11.9 Å². The molecule has 1 atom stereocenters. The summed E-state index contributed by atoms with van der Waals surface area (Å²) < 4.78 is 13.3. The number of hydrogen-bond donors (Lipinski definition) is 1. The van der Waals surface area contributed by atoms with E-state index in [1.54, 1.807) is 6.07 Å². The van der Waals surface area contributed by atoms with Crippen molar-refractivity contribution >= 4 is 10.8 Å². The topological polar surface area (TPSA) is 24.9 Å². The molecular weight excluding hydrogens is 263 g/mol. The zero-order chi connectivity index (χ0) is 14.8. The lowest BCUT2D eigenvalue weighted by Crippen LogP contribution is -2.19. The van der Waals surface area contributed by atoms with Crippen LogP contribution in [-0.4, -0.2) is 12.0 Å². The molecule has 1 unspecified atom stereocenters. The molecule has 1 N–H and O–H groups in total. The highest BCUT2D eigenvalue weighted by molar-refractivity contribution is 5.85. The second kappa shape index (κ2) is 5.62. The van der Waals surface area contributed by atoms with Crippen molar-refractivity contribution in [3.8, 4) is 0 Å². The Morgan fingerprint density at radius 2 is 1.86 bits per heavy atom. The minimum atomic E-state index is -0.206. The highest BCUT2D eigenvalue weighted by Crippen LogP contribution is 2.29. The van der Waals surface area contributed by atoms with Gasteiger partial charge in [0.25, 0.3) is 0 Å². The predicted octanol–water partition coefficient (Wildman–Crippen LogP) is 3.99. The summed E-state index contributed by atoms with van der Waals surface area (Å²) in [6.07, 6.45) is 3.75. The van der Waals surface area contributed by atoms with Crippen molar-refractivity contribution in [1.29, 1.82) is 0 Å². The van der Waals surface area contributed by atoms with Crippen LogP contribution in [0.15, 0.2) is 54.9 Å². The van der Waals surface area contributed by atoms with Gasteiger partial charge in [0.05, 0.1) is 6.04 Å². The molecule has 21 heavy (non-hydrogen) atoms. The Morgan fingerprint density at radius 1 is 1.05 bits per heavy atom. The molecule has 1 heterocycles. The normalized spacial score (nSPS) is 12.5. The SMILES string of the molecule is CNC(c1ccc(F)cc1C)c1cncc2ccccc12. The summed E-state index contributed by atoms with van der Waals surface area (Å²) in [5, 5.41) is 5.59. The fraction of sp³-hybridized carbons (Fsp3) is 0.167. The second-order valence-electron chi connectivity index (χ2n) is 5.17. The zero-order valence-electron chi connectivity index (χ0n) is 12.1. The van der Waals surface area contributed by atoms with Gasteiger partial charge < -0.3 is 5.32 Å². The van der Waals surface area contributed by atoms with Crippen LogP contribution in [0.5, 0.6) is 0 Å². The van der Waals surface area contributed by atoms with Crippen LogP contribution in [0.25, 0.3) is 10.8 Å². The summed E-state index contributed by atoms with van der Waals surface area (Å²) >= 11 is 0. The van der Waals surface area contributed by atoms with Gasteiger partial charge in [-0.1, -0.05) is 30.3 Å². The van der Waals surface area contributed by atoms with Gasteiger partial charge >= 0.3 is 0 Å². The van der Waals surface area contributed by atoms with Crippen molar-refractivity contribution in [2.75, 3.05) is 7.05 Å². The number of rotatable bonds is 3. The average molecular weight is 280 g/mol. The molecule has 1 aromatic heterocycles. The molecule has 2 aromatic carbocycles. The molecule has 0 amide bonds. The van der Waals surface area contributed by atoms with Gasteiger partial charge in [-0.2, -0.15) is 0 Å². The van der Waals surface area contributed by atoms with Crippen LogP contribution < -0.4 is 5.32 Å². The van der Waals surface area contributed by atoms with Gasteiger partial charge in [-0.15, -0.1) is 0 Å². The maximum Gasteiger partial charge on any atom is 0.123 e. The molecule has 0 fully saturated rings. The standard InChI is InChI=1S/C18H17FN2/c1-12-9-14(19)7-8-15(12)18(20-2)17-11-21-10-13-5-3-4-6-16(13)17/h3-11,18,20H,1-2H3. The minimum absolute atomic E-state index is 0.0100. The van der Waals surface area contributed by atoms with Gasteiger partial charge in [0.1, 0.15) is 5.82 Å². The molecule has 0 aliphatic heterocycles. The van der Waals surface area contributed by atoms with Gasteiger partial charge in [-0.05, 0) is 48.2 Å². The van der Waals surface area contributed by atoms with Crippen LogP contribution >= 0.6 is 0 Å². The Morgan fingerprint density at radius 3 is 2.62 bits per heavy atom. The van der Waals surface area contributed by atoms with Crippen molar-refractivity contribution in [2.45, 2.75) is 13.0 Å². The van der Waals surface area contributed by atoms with Gasteiger partial charge in [0, 0.05) is 17.8 Å². The number of fused-ring (bicyclic) bond motifs is 1. The Labute approximate surface area is 123 Å². The molecule has 3 rings (SSSR count). The Hall–Kier alpha value is -2.26. The van der Waals surface area contributed by atoms with Gasteiger partial charge in [-0.3, -0.25) is 4.98 Å². The third-order valence-electron chi connectivity index (χ3n) is 3.84. The third kappa shape index (κ3) is 2.52. The molecule has 0 aliphatic rings. The number of halogens is 1. The molecule has 3 heteroatoms. The molecule has 3 aromatic rings. The largest absolute Gasteiger partial charge is 0.309 e. The van der Waals surface area contributed by atoms with E-state index in [0.717, 1.165) is 27.5 Å². The lowest BCUT2D eigenvalue weighted by Gasteiger charge is -2.20. The van der Waals surface area contributed by atoms with E-state index >= 15 is 0 Å². The molecule has 0 radical (unpaired) electrons. The summed E-state index contributed by atoms with van der Waals surface area (Å²) in [6, 6.07) is 13.1. The maximum atomic E-state index is 13.3. The third-order valence-corrected chi connectivity index (χ3v) is 3.84. The van der Waals surface area contributed by atoms with Crippen molar-refractivity contribution in [2.24, 2.45) is 0 Å². The van der Waals surface area contributed by atoms with E-state index in [0.29, 0.717) is 0 Å². The van der Waals surface area contributed by atoms with Crippen LogP contribution in [0, 0.1) is 12.7 Å². The first-order chi connectivity index (χ1) is 10.2. The van der Waals surface area contributed by atoms with E-state index in [2.05, 4.69) is 22.4 Å². The van der Waals surface area contributed by atoms with Crippen molar-refractivity contribution < 1.29 is 4.39 Å². The fourth-order valence-corrected chi connectivity index (χ4v) is 2.81. The van der Waals surface area contributed by atoms with Crippen molar-refractivity contribution in [3.05, 3.63) is 77.4 Å². The zero-order valence-corrected chi connectivity index (χ0v) is 12.1. The minimum Gasteiger partial charge on any atom is -0.309 e. The van der Waals surface area contributed by atoms with Crippen LogP contribution in [0.1, 0.15) is 22.7 Å². The monoisotopic (exact) mass is 280 g/mol. The summed E-state index contributed by atoms with van der Waals surface area (Å²) in [5.41, 5.74) is 3.10. The first kappa shape index (κ1) is 13.7. The molecule has 0 spiro atoms. The van der Waals surface area contributed by atoms with Crippen LogP contribution in [-0.2, 0) is 0 Å². The van der Waals surface area contributed by atoms with E-state index in [9.17, 15) is 4.39 Å². The predicted molar refractivity (Wildman–Crippen MR) is 83.8 cm³/mol. The molecular formula is C18H17FN2. The fourth-order valence-electron chi connectivity index (χ4n) is 2.81. The smallest absolute Gasteiger partial charge is 0.123 e. The second-order valence-corrected chi connectivity index (χ2v) is 5.17. The van der Waals surface area contributed by atoms with E-state index in [1.807, 2.05) is 44.6 Å². The highest BCUT2D eigenvalue weighted by Gasteiger charge is 2.17. The molecule has 0 aliphatic carbocycles. The van der Waals surface area contributed by atoms with Crippen molar-refractivity contribution in [1.82, 2.24) is 10.3 Å². The Kier molecular flexibility index (Phi) is 3.67. The number of nitrogens with zero attached hydrogens (tertiary/aromatic N) is 1. The summed E-state index contributed by atoms with van der Waals surface area (Å²) in [7, 11) is 1.91. The van der Waals surface area contributed by atoms with E-state index in [1.165, 1.54) is 6.07 Å². The van der Waals surface area contributed by atoms with Crippen LogP contribution in [0.3, 0.4) is 0 Å². The molecule has 0 bridgehead atoms. The number of nitrogens with one attached hydrogen (secondary N) is 1. The van der Waals surface area contributed by atoms with E-state index < -0.39 is 0 Å².